The summed E-state index contributed by atoms with van der Waals surface area (Å²) >= 11 is 3.40. The number of hydrogen-bond acceptors (Lipinski definition) is 1. The molecular weight excluding hydrogens is 242 g/mol. The summed E-state index contributed by atoms with van der Waals surface area (Å²) in [5, 5.41) is 2.84. The predicted molar refractivity (Wildman–Crippen MR) is 59.1 cm³/mol. The molecule has 1 aromatic carbocycles. The summed E-state index contributed by atoms with van der Waals surface area (Å²) in [6.07, 6.45) is 1.68. The zero-order valence-corrected chi connectivity index (χ0v) is 9.38. The highest BCUT2D eigenvalue weighted by molar-refractivity contribution is 9.10. The number of benzene rings is 1. The third kappa shape index (κ3) is 2.15. The predicted octanol–water partition coefficient (Wildman–Crippen LogP) is 2.44. The molecule has 1 saturated heterocycles. The molecule has 2 nitrogen and oxygen atoms in total. The highest BCUT2D eigenvalue weighted by atomic mass is 79.9. The molecule has 0 aliphatic carbocycles. The minimum atomic E-state index is 0.171. The Morgan fingerprint density at radius 2 is 2.00 bits per heavy atom. The van der Waals surface area contributed by atoms with E-state index in [1.807, 2.05) is 12.1 Å². The quantitative estimate of drug-likeness (QED) is 0.819. The van der Waals surface area contributed by atoms with E-state index in [0.717, 1.165) is 17.4 Å². The van der Waals surface area contributed by atoms with Crippen LogP contribution in [0.1, 0.15) is 24.3 Å². The SMILES string of the molecule is O=C1C[C@@H](c2ccc(Br)cc2)CCN1. The van der Waals surface area contributed by atoms with Gasteiger partial charge in [0.2, 0.25) is 5.91 Å². The summed E-state index contributed by atoms with van der Waals surface area (Å²) in [6.45, 7) is 0.805. The van der Waals surface area contributed by atoms with E-state index < -0.39 is 0 Å². The molecule has 0 radical (unpaired) electrons. The van der Waals surface area contributed by atoms with Gasteiger partial charge in [-0.15, -0.1) is 0 Å². The number of nitrogens with one attached hydrogen (secondary N) is 1. The molecule has 1 atom stereocenters. The minimum Gasteiger partial charge on any atom is -0.356 e. The van der Waals surface area contributed by atoms with Gasteiger partial charge in [-0.2, -0.15) is 0 Å². The molecule has 3 heteroatoms. The normalized spacial score (nSPS) is 21.8. The fourth-order valence-corrected chi connectivity index (χ4v) is 2.07. The van der Waals surface area contributed by atoms with Crippen molar-refractivity contribution in [2.75, 3.05) is 6.54 Å². The summed E-state index contributed by atoms with van der Waals surface area (Å²) in [5.41, 5.74) is 1.27. The summed E-state index contributed by atoms with van der Waals surface area (Å²) in [5.74, 6) is 0.570. The van der Waals surface area contributed by atoms with E-state index in [9.17, 15) is 4.79 Å². The van der Waals surface area contributed by atoms with Crippen LogP contribution in [0.25, 0.3) is 0 Å². The lowest BCUT2D eigenvalue weighted by molar-refractivity contribution is -0.122. The first-order chi connectivity index (χ1) is 6.75. The maximum absolute atomic E-state index is 11.2. The van der Waals surface area contributed by atoms with Crippen molar-refractivity contribution in [3.05, 3.63) is 34.3 Å². The van der Waals surface area contributed by atoms with Crippen LogP contribution in [0, 0.1) is 0 Å². The standard InChI is InChI=1S/C11H12BrNO/c12-10-3-1-8(2-4-10)9-5-6-13-11(14)7-9/h1-4,9H,5-7H2,(H,13,14)/t9-/m0/s1. The van der Waals surface area contributed by atoms with Crippen LogP contribution >= 0.6 is 15.9 Å². The van der Waals surface area contributed by atoms with Crippen molar-refractivity contribution in [2.24, 2.45) is 0 Å². The van der Waals surface area contributed by atoms with Gasteiger partial charge >= 0.3 is 0 Å². The van der Waals surface area contributed by atoms with Crippen LogP contribution < -0.4 is 5.32 Å². The second-order valence-corrected chi connectivity index (χ2v) is 4.51. The van der Waals surface area contributed by atoms with Gasteiger partial charge in [0, 0.05) is 17.4 Å². The van der Waals surface area contributed by atoms with Gasteiger partial charge in [-0.05, 0) is 30.0 Å². The van der Waals surface area contributed by atoms with Crippen LogP contribution in [0.2, 0.25) is 0 Å². The van der Waals surface area contributed by atoms with Crippen LogP contribution in [0.5, 0.6) is 0 Å². The number of rotatable bonds is 1. The minimum absolute atomic E-state index is 0.171. The molecule has 1 amide bonds. The molecule has 0 aromatic heterocycles. The number of piperidine rings is 1. The number of carbonyl (C=O) groups excluding carboxylic acids is 1. The van der Waals surface area contributed by atoms with Gasteiger partial charge in [0.1, 0.15) is 0 Å². The van der Waals surface area contributed by atoms with Crippen molar-refractivity contribution in [1.82, 2.24) is 5.32 Å². The van der Waals surface area contributed by atoms with Crippen molar-refractivity contribution in [3.8, 4) is 0 Å². The number of amides is 1. The maximum Gasteiger partial charge on any atom is 0.220 e. The average molecular weight is 254 g/mol. The third-order valence-electron chi connectivity index (χ3n) is 2.59. The van der Waals surface area contributed by atoms with Gasteiger partial charge in [0.15, 0.2) is 0 Å². The molecule has 0 bridgehead atoms. The van der Waals surface area contributed by atoms with Gasteiger partial charge < -0.3 is 5.32 Å². The van der Waals surface area contributed by atoms with Gasteiger partial charge in [0.25, 0.3) is 0 Å². The lowest BCUT2D eigenvalue weighted by Crippen LogP contribution is -2.32. The van der Waals surface area contributed by atoms with Crippen LogP contribution in [0.15, 0.2) is 28.7 Å². The number of carbonyl (C=O) groups is 1. The van der Waals surface area contributed by atoms with Crippen molar-refractivity contribution in [1.29, 1.82) is 0 Å². The van der Waals surface area contributed by atoms with Crippen LogP contribution in [-0.2, 0) is 4.79 Å². The van der Waals surface area contributed by atoms with Crippen molar-refractivity contribution < 1.29 is 4.79 Å². The molecular formula is C11H12BrNO. The Labute approximate surface area is 91.8 Å². The topological polar surface area (TPSA) is 29.1 Å². The van der Waals surface area contributed by atoms with E-state index in [1.165, 1.54) is 5.56 Å². The first-order valence-corrected chi connectivity index (χ1v) is 5.57. The summed E-state index contributed by atoms with van der Waals surface area (Å²) in [6, 6.07) is 8.24. The fraction of sp³-hybridized carbons (Fsp3) is 0.364. The average Bonchev–Trinajstić information content (AvgIpc) is 2.19. The molecule has 0 unspecified atom stereocenters. The van der Waals surface area contributed by atoms with E-state index >= 15 is 0 Å². The molecule has 1 fully saturated rings. The highest BCUT2D eigenvalue weighted by Gasteiger charge is 2.19. The molecule has 74 valence electrons. The number of hydrogen-bond donors (Lipinski definition) is 1. The number of halogens is 1. The smallest absolute Gasteiger partial charge is 0.220 e. The second-order valence-electron chi connectivity index (χ2n) is 3.59. The Bertz CT molecular complexity index is 334. The lowest BCUT2D eigenvalue weighted by Gasteiger charge is -2.22. The van der Waals surface area contributed by atoms with E-state index in [0.29, 0.717) is 12.3 Å². The Morgan fingerprint density at radius 3 is 2.64 bits per heavy atom. The van der Waals surface area contributed by atoms with Gasteiger partial charge in [-0.25, -0.2) is 0 Å². The largest absolute Gasteiger partial charge is 0.356 e. The molecule has 1 aromatic rings. The molecule has 14 heavy (non-hydrogen) atoms. The van der Waals surface area contributed by atoms with Crippen molar-refractivity contribution in [3.63, 3.8) is 0 Å². The van der Waals surface area contributed by atoms with Crippen molar-refractivity contribution in [2.45, 2.75) is 18.8 Å². The van der Waals surface area contributed by atoms with Gasteiger partial charge in [-0.1, -0.05) is 28.1 Å². The highest BCUT2D eigenvalue weighted by Crippen LogP contribution is 2.26. The zero-order chi connectivity index (χ0) is 9.97. The maximum atomic E-state index is 11.2. The van der Waals surface area contributed by atoms with E-state index in [-0.39, 0.29) is 5.91 Å². The van der Waals surface area contributed by atoms with Crippen LogP contribution in [0.3, 0.4) is 0 Å². The summed E-state index contributed by atoms with van der Waals surface area (Å²) in [4.78, 5) is 11.2. The Hall–Kier alpha value is -0.830. The van der Waals surface area contributed by atoms with Crippen LogP contribution in [-0.4, -0.2) is 12.5 Å². The van der Waals surface area contributed by atoms with Crippen molar-refractivity contribution >= 4 is 21.8 Å². The molecule has 2 rings (SSSR count). The Kier molecular flexibility index (Phi) is 2.87. The zero-order valence-electron chi connectivity index (χ0n) is 7.79. The third-order valence-corrected chi connectivity index (χ3v) is 3.12. The van der Waals surface area contributed by atoms with Gasteiger partial charge in [0.05, 0.1) is 0 Å². The molecule has 1 heterocycles. The monoisotopic (exact) mass is 253 g/mol. The molecule has 1 aliphatic rings. The molecule has 1 aliphatic heterocycles. The molecule has 1 N–H and O–H groups in total. The molecule has 0 spiro atoms. The molecule has 0 saturated carbocycles. The van der Waals surface area contributed by atoms with E-state index in [1.54, 1.807) is 0 Å². The summed E-state index contributed by atoms with van der Waals surface area (Å²) < 4.78 is 1.08. The Morgan fingerprint density at radius 1 is 1.29 bits per heavy atom. The van der Waals surface area contributed by atoms with Gasteiger partial charge in [-0.3, -0.25) is 4.79 Å². The first kappa shape index (κ1) is 9.71. The van der Waals surface area contributed by atoms with Crippen LogP contribution in [0.4, 0.5) is 0 Å². The lowest BCUT2D eigenvalue weighted by atomic mass is 9.90. The second kappa shape index (κ2) is 4.13. The Balaban J connectivity index is 2.14. The first-order valence-electron chi connectivity index (χ1n) is 4.78. The summed E-state index contributed by atoms with van der Waals surface area (Å²) in [7, 11) is 0. The fourth-order valence-electron chi connectivity index (χ4n) is 1.80. The van der Waals surface area contributed by atoms with E-state index in [4.69, 9.17) is 0 Å². The van der Waals surface area contributed by atoms with E-state index in [2.05, 4.69) is 33.4 Å².